The molecule has 2 atom stereocenters. The molecule has 0 radical (unpaired) electrons. The van der Waals surface area contributed by atoms with E-state index in [1.54, 1.807) is 6.92 Å². The van der Waals surface area contributed by atoms with Gasteiger partial charge in [0.15, 0.2) is 5.78 Å². The van der Waals surface area contributed by atoms with E-state index in [0.717, 1.165) is 0 Å². The maximum atomic E-state index is 12.3. The fraction of sp³-hybridized carbons (Fsp3) is 0.800. The summed E-state index contributed by atoms with van der Waals surface area (Å²) in [6, 6.07) is -1.43. The van der Waals surface area contributed by atoms with Crippen LogP contribution >= 0.6 is 0 Å². The summed E-state index contributed by atoms with van der Waals surface area (Å²) in [4.78, 5) is 34.9. The number of urea groups is 1. The third-order valence-electron chi connectivity index (χ3n) is 3.40. The molecule has 5 N–H and O–H groups in total. The highest BCUT2D eigenvalue weighted by atomic mass is 16.2. The molecule has 0 saturated heterocycles. The van der Waals surface area contributed by atoms with Gasteiger partial charge in [-0.15, -0.1) is 0 Å². The number of nitrogens with one attached hydrogen (secondary N) is 3. The van der Waals surface area contributed by atoms with Crippen LogP contribution in [0, 0.1) is 5.92 Å². The van der Waals surface area contributed by atoms with Crippen LogP contribution in [-0.2, 0) is 9.59 Å². The lowest BCUT2D eigenvalue weighted by molar-refractivity contribution is -0.129. The minimum absolute atomic E-state index is 0.00794. The highest BCUT2D eigenvalue weighted by Gasteiger charge is 2.25. The molecule has 0 aliphatic rings. The zero-order valence-electron chi connectivity index (χ0n) is 14.1. The van der Waals surface area contributed by atoms with Crippen LogP contribution in [0.1, 0.15) is 47.0 Å². The highest BCUT2D eigenvalue weighted by molar-refractivity contribution is 5.90. The van der Waals surface area contributed by atoms with Crippen LogP contribution in [0.25, 0.3) is 0 Å². The van der Waals surface area contributed by atoms with Gasteiger partial charge in [-0.2, -0.15) is 0 Å². The van der Waals surface area contributed by atoms with Gasteiger partial charge >= 0.3 is 6.03 Å². The van der Waals surface area contributed by atoms with Gasteiger partial charge in [0, 0.05) is 13.0 Å². The van der Waals surface area contributed by atoms with Crippen molar-refractivity contribution >= 4 is 17.7 Å². The van der Waals surface area contributed by atoms with Gasteiger partial charge in [0.2, 0.25) is 5.91 Å². The number of rotatable bonds is 11. The Morgan fingerprint density at radius 1 is 1.14 bits per heavy atom. The van der Waals surface area contributed by atoms with Crippen LogP contribution in [0.2, 0.25) is 0 Å². The maximum Gasteiger partial charge on any atom is 0.312 e. The summed E-state index contributed by atoms with van der Waals surface area (Å²) in [7, 11) is 0. The Balaban J connectivity index is 4.59. The first kappa shape index (κ1) is 20.4. The van der Waals surface area contributed by atoms with E-state index in [9.17, 15) is 14.4 Å². The topological polar surface area (TPSA) is 113 Å². The first-order valence-corrected chi connectivity index (χ1v) is 7.93. The molecule has 2 unspecified atom stereocenters. The summed E-state index contributed by atoms with van der Waals surface area (Å²) in [6.07, 6.45) is 1.42. The number of hydrogen-bond donors (Lipinski definition) is 4. The first-order valence-electron chi connectivity index (χ1n) is 7.93. The quantitative estimate of drug-likeness (QED) is 0.417. The normalized spacial score (nSPS) is 13.5. The number of nitrogens with two attached hydrogens (primary N) is 1. The predicted octanol–water partition coefficient (Wildman–Crippen LogP) is 0.533. The van der Waals surface area contributed by atoms with Gasteiger partial charge < -0.3 is 21.7 Å². The molecule has 0 spiro atoms. The summed E-state index contributed by atoms with van der Waals surface area (Å²) < 4.78 is 0. The molecule has 0 aromatic carbocycles. The Labute approximate surface area is 132 Å². The van der Waals surface area contributed by atoms with Gasteiger partial charge in [-0.25, -0.2) is 4.79 Å². The number of likely N-dealkylation sites (N-methyl/N-ethyl adjacent to an activating group) is 1. The van der Waals surface area contributed by atoms with Crippen LogP contribution in [-0.4, -0.2) is 42.9 Å². The molecule has 0 aliphatic heterocycles. The Morgan fingerprint density at radius 2 is 1.77 bits per heavy atom. The predicted molar refractivity (Wildman–Crippen MR) is 86.4 cm³/mol. The number of amides is 3. The molecule has 0 fully saturated rings. The molecule has 0 aromatic heterocycles. The summed E-state index contributed by atoms with van der Waals surface area (Å²) in [5.74, 6) is -0.0354. The average molecular weight is 314 g/mol. The van der Waals surface area contributed by atoms with Crippen LogP contribution < -0.4 is 21.7 Å². The Bertz CT molecular complexity index is 372. The molecule has 3 amide bonds. The van der Waals surface area contributed by atoms with Crippen molar-refractivity contribution in [3.8, 4) is 0 Å². The minimum atomic E-state index is -0.588. The molecule has 7 heteroatoms. The molecule has 128 valence electrons. The van der Waals surface area contributed by atoms with E-state index < -0.39 is 12.1 Å². The maximum absolute atomic E-state index is 12.3. The van der Waals surface area contributed by atoms with E-state index >= 15 is 0 Å². The molecule has 0 bridgehead atoms. The van der Waals surface area contributed by atoms with Gasteiger partial charge in [-0.3, -0.25) is 9.59 Å². The van der Waals surface area contributed by atoms with Crippen LogP contribution in [0.15, 0.2) is 0 Å². The largest absolute Gasteiger partial charge is 0.352 e. The summed E-state index contributed by atoms with van der Waals surface area (Å²) in [5.41, 5.74) is 4.99. The molecular formula is C15H30N4O3. The van der Waals surface area contributed by atoms with Crippen LogP contribution in [0.5, 0.6) is 0 Å². The number of carbonyl (C=O) groups is 3. The van der Waals surface area contributed by atoms with Crippen molar-refractivity contribution in [2.75, 3.05) is 13.1 Å². The van der Waals surface area contributed by atoms with E-state index in [0.29, 0.717) is 32.4 Å². The SMILES string of the molecule is CCNC(C(=O)NC(CCCNC(N)=O)C(=O)CC)C(C)C. The fourth-order valence-corrected chi connectivity index (χ4v) is 2.19. The average Bonchev–Trinajstić information content (AvgIpc) is 2.46. The van der Waals surface area contributed by atoms with E-state index in [4.69, 9.17) is 5.73 Å². The zero-order valence-corrected chi connectivity index (χ0v) is 14.1. The summed E-state index contributed by atoms with van der Waals surface area (Å²) in [6.45, 7) is 8.70. The lowest BCUT2D eigenvalue weighted by atomic mass is 10.0. The van der Waals surface area contributed by atoms with Crippen molar-refractivity contribution in [2.45, 2.75) is 59.0 Å². The van der Waals surface area contributed by atoms with Gasteiger partial charge in [0.25, 0.3) is 0 Å². The zero-order chi connectivity index (χ0) is 17.1. The standard InChI is InChI=1S/C15H30N4O3/c1-5-12(20)11(8-7-9-18-15(16)22)19-14(21)13(10(3)4)17-6-2/h10-11,13,17H,5-9H2,1-4H3,(H,19,21)(H3,16,18,22). The highest BCUT2D eigenvalue weighted by Crippen LogP contribution is 2.06. The molecule has 0 heterocycles. The number of Topliss-reactive ketones (excluding diaryl/α,β-unsaturated/α-hetero) is 1. The third kappa shape index (κ3) is 7.97. The van der Waals surface area contributed by atoms with Crippen molar-refractivity contribution in [3.05, 3.63) is 0 Å². The summed E-state index contributed by atoms with van der Waals surface area (Å²) in [5, 5.41) is 8.43. The number of hydrogen-bond acceptors (Lipinski definition) is 4. The van der Waals surface area contributed by atoms with Crippen LogP contribution in [0.3, 0.4) is 0 Å². The lowest BCUT2D eigenvalue weighted by Crippen LogP contribution is -2.52. The fourth-order valence-electron chi connectivity index (χ4n) is 2.19. The monoisotopic (exact) mass is 314 g/mol. The van der Waals surface area contributed by atoms with Gasteiger partial charge in [-0.1, -0.05) is 27.7 Å². The third-order valence-corrected chi connectivity index (χ3v) is 3.40. The van der Waals surface area contributed by atoms with Crippen molar-refractivity contribution in [3.63, 3.8) is 0 Å². The second-order valence-corrected chi connectivity index (χ2v) is 5.59. The lowest BCUT2D eigenvalue weighted by Gasteiger charge is -2.24. The minimum Gasteiger partial charge on any atom is -0.352 e. The van der Waals surface area contributed by atoms with E-state index in [1.807, 2.05) is 20.8 Å². The van der Waals surface area contributed by atoms with Crippen molar-refractivity contribution < 1.29 is 14.4 Å². The number of carbonyl (C=O) groups excluding carboxylic acids is 3. The van der Waals surface area contributed by atoms with Gasteiger partial charge in [0.05, 0.1) is 12.1 Å². The first-order chi connectivity index (χ1) is 10.3. The van der Waals surface area contributed by atoms with Gasteiger partial charge in [0.1, 0.15) is 0 Å². The molecule has 0 rings (SSSR count). The smallest absolute Gasteiger partial charge is 0.312 e. The molecular weight excluding hydrogens is 284 g/mol. The molecule has 7 nitrogen and oxygen atoms in total. The Morgan fingerprint density at radius 3 is 2.23 bits per heavy atom. The molecule has 22 heavy (non-hydrogen) atoms. The second-order valence-electron chi connectivity index (χ2n) is 5.59. The molecule has 0 saturated carbocycles. The number of primary amides is 1. The molecule has 0 aliphatic carbocycles. The van der Waals surface area contributed by atoms with E-state index in [-0.39, 0.29) is 23.7 Å². The Hall–Kier alpha value is -1.63. The second kappa shape index (κ2) is 11.0. The summed E-state index contributed by atoms with van der Waals surface area (Å²) >= 11 is 0. The van der Waals surface area contributed by atoms with Crippen molar-refractivity contribution in [1.82, 2.24) is 16.0 Å². The van der Waals surface area contributed by atoms with E-state index in [1.165, 1.54) is 0 Å². The van der Waals surface area contributed by atoms with Gasteiger partial charge in [-0.05, 0) is 25.3 Å². The van der Waals surface area contributed by atoms with Crippen molar-refractivity contribution in [2.24, 2.45) is 11.7 Å². The van der Waals surface area contributed by atoms with Crippen molar-refractivity contribution in [1.29, 1.82) is 0 Å². The Kier molecular flexibility index (Phi) is 10.2. The molecule has 0 aromatic rings. The van der Waals surface area contributed by atoms with Crippen LogP contribution in [0.4, 0.5) is 4.79 Å². The number of ketones is 1. The van der Waals surface area contributed by atoms with E-state index in [2.05, 4.69) is 16.0 Å².